The van der Waals surface area contributed by atoms with Gasteiger partial charge in [-0.2, -0.15) is 0 Å². The lowest BCUT2D eigenvalue weighted by molar-refractivity contribution is -0.161. The van der Waals surface area contributed by atoms with E-state index in [9.17, 15) is 43.2 Å². The molecule has 0 aromatic carbocycles. The predicted molar refractivity (Wildman–Crippen MR) is 400 cm³/mol. The van der Waals surface area contributed by atoms with Gasteiger partial charge in [-0.3, -0.25) is 37.3 Å². The molecule has 0 aliphatic carbocycles. The Balaban J connectivity index is 5.21. The van der Waals surface area contributed by atoms with Gasteiger partial charge in [0, 0.05) is 25.7 Å². The van der Waals surface area contributed by atoms with Crippen LogP contribution in [-0.4, -0.2) is 96.7 Å². The summed E-state index contributed by atoms with van der Waals surface area (Å²) in [6.07, 6.45) is 54.2. The maximum absolute atomic E-state index is 13.1. The number of hydrogen-bond donors (Lipinski definition) is 3. The summed E-state index contributed by atoms with van der Waals surface area (Å²) in [6, 6.07) is 0. The molecule has 0 bridgehead atoms. The lowest BCUT2D eigenvalue weighted by Gasteiger charge is -2.21. The van der Waals surface area contributed by atoms with E-state index in [2.05, 4.69) is 55.4 Å². The van der Waals surface area contributed by atoms with E-state index in [4.69, 9.17) is 37.0 Å². The van der Waals surface area contributed by atoms with Crippen molar-refractivity contribution >= 4 is 39.5 Å². The molecule has 0 rings (SSSR count). The molecule has 0 fully saturated rings. The number of ether oxygens (including phenoxy) is 4. The first-order valence-corrected chi connectivity index (χ1v) is 43.7. The molecule has 0 aromatic rings. The molecule has 3 N–H and O–H groups in total. The van der Waals surface area contributed by atoms with E-state index in [1.165, 1.54) is 199 Å². The number of carbonyl (C=O) groups is 4. The molecule has 0 spiro atoms. The van der Waals surface area contributed by atoms with Gasteiger partial charge in [-0.05, 0) is 49.4 Å². The molecule has 0 amide bonds. The Labute approximate surface area is 600 Å². The van der Waals surface area contributed by atoms with Crippen LogP contribution in [0.1, 0.15) is 402 Å². The van der Waals surface area contributed by atoms with Crippen molar-refractivity contribution in [3.8, 4) is 0 Å². The highest BCUT2D eigenvalue weighted by atomic mass is 31.2. The van der Waals surface area contributed by atoms with Crippen LogP contribution in [0.25, 0.3) is 0 Å². The molecule has 17 nitrogen and oxygen atoms in total. The third-order valence-corrected chi connectivity index (χ3v) is 20.6. The van der Waals surface area contributed by atoms with Gasteiger partial charge >= 0.3 is 39.5 Å². The van der Waals surface area contributed by atoms with Gasteiger partial charge in [0.25, 0.3) is 0 Å². The molecule has 19 heteroatoms. The normalized spacial score (nSPS) is 14.3. The van der Waals surface area contributed by atoms with Gasteiger partial charge in [-0.25, -0.2) is 9.13 Å². The number of unbranched alkanes of at least 4 members (excludes halogenated alkanes) is 41. The number of esters is 4. The second-order valence-electron chi connectivity index (χ2n) is 30.1. The number of carbonyl (C=O) groups excluding carboxylic acids is 4. The number of phosphoric ester groups is 2. The summed E-state index contributed by atoms with van der Waals surface area (Å²) in [6.45, 7) is 14.2. The minimum Gasteiger partial charge on any atom is -0.462 e. The van der Waals surface area contributed by atoms with E-state index in [1.807, 2.05) is 0 Å². The van der Waals surface area contributed by atoms with E-state index in [-0.39, 0.29) is 25.7 Å². The first-order chi connectivity index (χ1) is 47.1. The first kappa shape index (κ1) is 96.1. The highest BCUT2D eigenvalue weighted by Crippen LogP contribution is 2.45. The van der Waals surface area contributed by atoms with Gasteiger partial charge in [-0.1, -0.05) is 351 Å². The van der Waals surface area contributed by atoms with Crippen molar-refractivity contribution in [2.45, 2.75) is 420 Å². The van der Waals surface area contributed by atoms with Crippen LogP contribution in [-0.2, 0) is 65.4 Å². The molecule has 0 aliphatic rings. The highest BCUT2D eigenvalue weighted by Gasteiger charge is 2.30. The van der Waals surface area contributed by atoms with E-state index in [0.29, 0.717) is 31.6 Å². The summed E-state index contributed by atoms with van der Waals surface area (Å²) in [5.41, 5.74) is 0. The lowest BCUT2D eigenvalue weighted by atomic mass is 9.99. The Hall–Kier alpha value is -1.94. The second-order valence-corrected chi connectivity index (χ2v) is 33.0. The molecule has 6 atom stereocenters. The average molecular weight is 1440 g/mol. The lowest BCUT2D eigenvalue weighted by Crippen LogP contribution is -2.30. The van der Waals surface area contributed by atoms with Crippen molar-refractivity contribution < 1.29 is 80.2 Å². The minimum absolute atomic E-state index is 0.105. The molecular weight excluding hydrogens is 1280 g/mol. The molecule has 0 aliphatic heterocycles. The molecule has 98 heavy (non-hydrogen) atoms. The van der Waals surface area contributed by atoms with Gasteiger partial charge in [0.1, 0.15) is 19.3 Å². The summed E-state index contributed by atoms with van der Waals surface area (Å²) >= 11 is 0. The quantitative estimate of drug-likeness (QED) is 0.0222. The van der Waals surface area contributed by atoms with E-state index in [0.717, 1.165) is 114 Å². The Bertz CT molecular complexity index is 1920. The van der Waals surface area contributed by atoms with Crippen molar-refractivity contribution in [2.75, 3.05) is 39.6 Å². The number of rotatable bonds is 76. The Morgan fingerprint density at radius 3 is 0.724 bits per heavy atom. The molecule has 0 radical (unpaired) electrons. The van der Waals surface area contributed by atoms with Crippen LogP contribution in [0.5, 0.6) is 0 Å². The fourth-order valence-corrected chi connectivity index (χ4v) is 13.6. The van der Waals surface area contributed by atoms with Gasteiger partial charge in [0.05, 0.1) is 26.4 Å². The number of aliphatic hydroxyl groups excluding tert-OH is 1. The van der Waals surface area contributed by atoms with Gasteiger partial charge < -0.3 is 33.8 Å². The Morgan fingerprint density at radius 1 is 0.286 bits per heavy atom. The zero-order chi connectivity index (χ0) is 72.4. The average Bonchev–Trinajstić information content (AvgIpc) is 1.00. The first-order valence-electron chi connectivity index (χ1n) is 40.7. The van der Waals surface area contributed by atoms with E-state index in [1.54, 1.807) is 0 Å². The Kier molecular flexibility index (Phi) is 66.8. The number of hydrogen-bond acceptors (Lipinski definition) is 15. The van der Waals surface area contributed by atoms with Gasteiger partial charge in [-0.15, -0.1) is 0 Å². The molecule has 0 aromatic heterocycles. The van der Waals surface area contributed by atoms with Crippen molar-refractivity contribution in [3.05, 3.63) is 0 Å². The van der Waals surface area contributed by atoms with Crippen LogP contribution in [0.3, 0.4) is 0 Å². The van der Waals surface area contributed by atoms with Crippen LogP contribution in [0.4, 0.5) is 0 Å². The van der Waals surface area contributed by atoms with Crippen molar-refractivity contribution in [2.24, 2.45) is 23.7 Å². The van der Waals surface area contributed by atoms with Crippen LogP contribution < -0.4 is 0 Å². The minimum atomic E-state index is -4.96. The molecular formula is C79H154O17P2. The fraction of sp³-hybridized carbons (Fsp3) is 0.949. The molecule has 0 saturated heterocycles. The van der Waals surface area contributed by atoms with Crippen LogP contribution in [0.2, 0.25) is 0 Å². The molecule has 0 saturated carbocycles. The zero-order valence-electron chi connectivity index (χ0n) is 64.4. The Morgan fingerprint density at radius 2 is 0.490 bits per heavy atom. The van der Waals surface area contributed by atoms with Crippen LogP contribution in [0.15, 0.2) is 0 Å². The fourth-order valence-electron chi connectivity index (χ4n) is 12.0. The van der Waals surface area contributed by atoms with E-state index >= 15 is 0 Å². The standard InChI is InChI=1S/C79H154O17P2/c1-9-72(8)58-50-42-34-26-20-16-13-14-17-21-27-35-43-51-59-76(81)89-65-74(96-79(84)62-54-46-37-29-23-25-32-40-48-56-70(4)5)67-93-97(85,86)91-63-73(80)64-92-98(87,88)94-68-75(66-90-77(82)60-52-44-38-30-33-41-49-57-71(6)7)95-78(83)61-53-45-36-28-22-18-12-10-11-15-19-24-31-39-47-55-69(2)3/h69-75,80H,9-68H2,1-8H3,(H,85,86)(H,87,88)/t72?,73?,74-,75-/m1/s1. The second kappa shape index (κ2) is 68.2. The number of aliphatic hydroxyl groups is 1. The molecule has 582 valence electrons. The van der Waals surface area contributed by atoms with Crippen molar-refractivity contribution in [3.63, 3.8) is 0 Å². The van der Waals surface area contributed by atoms with Crippen LogP contribution in [0, 0.1) is 23.7 Å². The van der Waals surface area contributed by atoms with Crippen molar-refractivity contribution in [1.29, 1.82) is 0 Å². The molecule has 4 unspecified atom stereocenters. The highest BCUT2D eigenvalue weighted by molar-refractivity contribution is 7.47. The van der Waals surface area contributed by atoms with Crippen LogP contribution >= 0.6 is 15.6 Å². The third kappa shape index (κ3) is 71.1. The van der Waals surface area contributed by atoms with Gasteiger partial charge in [0.15, 0.2) is 12.2 Å². The third-order valence-electron chi connectivity index (χ3n) is 18.7. The van der Waals surface area contributed by atoms with Gasteiger partial charge in [0.2, 0.25) is 0 Å². The SMILES string of the molecule is CCC(C)CCCCCCCCCCCCCCCCC(=O)OC[C@H](COP(=O)(O)OCC(O)COP(=O)(O)OC[C@@H](COC(=O)CCCCCCCCCC(C)C)OC(=O)CCCCCCCCCCCCCCCCCC(C)C)OC(=O)CCCCCCCCCCCC(C)C. The predicted octanol–water partition coefficient (Wildman–Crippen LogP) is 23.2. The monoisotopic (exact) mass is 1440 g/mol. The van der Waals surface area contributed by atoms with Crippen molar-refractivity contribution in [1.82, 2.24) is 0 Å². The zero-order valence-corrected chi connectivity index (χ0v) is 66.2. The molecule has 0 heterocycles. The maximum Gasteiger partial charge on any atom is 0.472 e. The number of phosphoric acid groups is 2. The summed E-state index contributed by atoms with van der Waals surface area (Å²) in [7, 11) is -9.92. The summed E-state index contributed by atoms with van der Waals surface area (Å²) in [5.74, 6) is 0.976. The summed E-state index contributed by atoms with van der Waals surface area (Å²) in [4.78, 5) is 72.9. The smallest absolute Gasteiger partial charge is 0.462 e. The summed E-state index contributed by atoms with van der Waals surface area (Å²) in [5, 5.41) is 10.6. The largest absolute Gasteiger partial charge is 0.472 e. The van der Waals surface area contributed by atoms with E-state index < -0.39 is 97.5 Å². The maximum atomic E-state index is 13.1. The summed E-state index contributed by atoms with van der Waals surface area (Å²) < 4.78 is 68.6. The topological polar surface area (TPSA) is 237 Å².